The summed E-state index contributed by atoms with van der Waals surface area (Å²) in [5.41, 5.74) is 0.688. The Morgan fingerprint density at radius 2 is 2.11 bits per heavy atom. The van der Waals surface area contributed by atoms with Crippen LogP contribution in [0, 0.1) is 12.7 Å². The van der Waals surface area contributed by atoms with Gasteiger partial charge in [0.05, 0.1) is 0 Å². The van der Waals surface area contributed by atoms with Crippen LogP contribution in [0.2, 0.25) is 0 Å². The van der Waals surface area contributed by atoms with Gasteiger partial charge in [-0.05, 0) is 30.7 Å². The van der Waals surface area contributed by atoms with Crippen molar-refractivity contribution in [1.82, 2.24) is 9.55 Å². The number of nitrogens with zero attached hydrogens (tertiary/aromatic N) is 2. The van der Waals surface area contributed by atoms with Crippen LogP contribution in [0.3, 0.4) is 0 Å². The highest BCUT2D eigenvalue weighted by atomic mass is 79.9. The van der Waals surface area contributed by atoms with Crippen molar-refractivity contribution in [2.75, 3.05) is 0 Å². The summed E-state index contributed by atoms with van der Waals surface area (Å²) in [6.07, 6.45) is 1.34. The minimum atomic E-state index is -3.83. The van der Waals surface area contributed by atoms with Gasteiger partial charge in [-0.2, -0.15) is 0 Å². The number of hydrogen-bond donors (Lipinski definition) is 1. The Kier molecular flexibility index (Phi) is 3.75. The molecule has 0 unspecified atom stereocenters. The van der Waals surface area contributed by atoms with E-state index in [0.717, 1.165) is 0 Å². The Hall–Kier alpha value is -1.25. The topological polar surface area (TPSA) is 78.0 Å². The predicted molar refractivity (Wildman–Crippen MR) is 71.5 cm³/mol. The van der Waals surface area contributed by atoms with E-state index < -0.39 is 10.0 Å². The fraction of sp³-hybridized carbons (Fsp3) is 0.182. The van der Waals surface area contributed by atoms with Crippen molar-refractivity contribution < 1.29 is 12.8 Å². The van der Waals surface area contributed by atoms with Crippen molar-refractivity contribution in [2.45, 2.75) is 18.5 Å². The summed E-state index contributed by atoms with van der Waals surface area (Å²) in [6.45, 7) is 1.97. The fourth-order valence-corrected chi connectivity index (χ4v) is 2.72. The Labute approximate surface area is 118 Å². The number of rotatable bonds is 3. The van der Waals surface area contributed by atoms with Gasteiger partial charge in [0.2, 0.25) is 0 Å². The molecule has 1 aromatic heterocycles. The van der Waals surface area contributed by atoms with Gasteiger partial charge in [-0.1, -0.05) is 15.9 Å². The summed E-state index contributed by atoms with van der Waals surface area (Å²) < 4.78 is 37.9. The molecule has 0 aliphatic heterocycles. The van der Waals surface area contributed by atoms with Crippen LogP contribution in [-0.4, -0.2) is 18.0 Å². The Bertz CT molecular complexity index is 707. The van der Waals surface area contributed by atoms with Crippen molar-refractivity contribution in [3.05, 3.63) is 46.1 Å². The van der Waals surface area contributed by atoms with Crippen molar-refractivity contribution in [2.24, 2.45) is 5.14 Å². The molecule has 5 nitrogen and oxygen atoms in total. The average Bonchev–Trinajstić information content (AvgIpc) is 2.58. The summed E-state index contributed by atoms with van der Waals surface area (Å²) in [6, 6.07) is 4.47. The Morgan fingerprint density at radius 3 is 2.63 bits per heavy atom. The second kappa shape index (κ2) is 5.03. The number of halogens is 2. The van der Waals surface area contributed by atoms with Crippen LogP contribution in [0.15, 0.2) is 33.9 Å². The van der Waals surface area contributed by atoms with Gasteiger partial charge < -0.3 is 4.57 Å². The van der Waals surface area contributed by atoms with E-state index in [4.69, 9.17) is 5.14 Å². The average molecular weight is 348 g/mol. The lowest BCUT2D eigenvalue weighted by molar-refractivity contribution is 0.594. The first-order valence-corrected chi connectivity index (χ1v) is 7.61. The predicted octanol–water partition coefficient (Wildman–Crippen LogP) is 1.79. The minimum Gasteiger partial charge on any atom is -0.329 e. The van der Waals surface area contributed by atoms with Crippen molar-refractivity contribution in [3.63, 3.8) is 0 Å². The number of benzene rings is 1. The first-order valence-electron chi connectivity index (χ1n) is 5.27. The second-order valence-electron chi connectivity index (χ2n) is 4.08. The molecular formula is C11H11BrFN3O2S. The number of aromatic nitrogens is 2. The van der Waals surface area contributed by atoms with Crippen LogP contribution in [0.4, 0.5) is 4.39 Å². The third-order valence-electron chi connectivity index (χ3n) is 2.52. The molecule has 1 aromatic carbocycles. The molecule has 102 valence electrons. The number of aryl methyl sites for hydroxylation is 1. The number of primary sulfonamides is 1. The van der Waals surface area contributed by atoms with E-state index in [0.29, 0.717) is 22.4 Å². The van der Waals surface area contributed by atoms with Crippen LogP contribution >= 0.6 is 15.9 Å². The zero-order chi connectivity index (χ0) is 14.2. The first kappa shape index (κ1) is 14.2. The van der Waals surface area contributed by atoms with Crippen LogP contribution in [0.5, 0.6) is 0 Å². The lowest BCUT2D eigenvalue weighted by Crippen LogP contribution is -2.12. The van der Waals surface area contributed by atoms with E-state index in [-0.39, 0.29) is 10.8 Å². The molecule has 2 aromatic rings. The number of imidazole rings is 1. The molecule has 2 rings (SSSR count). The molecule has 0 spiro atoms. The highest BCUT2D eigenvalue weighted by Gasteiger charge is 2.14. The van der Waals surface area contributed by atoms with Gasteiger partial charge in [-0.15, -0.1) is 0 Å². The highest BCUT2D eigenvalue weighted by molar-refractivity contribution is 9.10. The van der Waals surface area contributed by atoms with Crippen molar-refractivity contribution in [1.29, 1.82) is 0 Å². The molecule has 19 heavy (non-hydrogen) atoms. The van der Waals surface area contributed by atoms with E-state index >= 15 is 0 Å². The summed E-state index contributed by atoms with van der Waals surface area (Å²) in [5, 5.41) is 4.82. The quantitative estimate of drug-likeness (QED) is 0.919. The van der Waals surface area contributed by atoms with E-state index in [9.17, 15) is 12.8 Å². The zero-order valence-electron chi connectivity index (χ0n) is 9.97. The van der Waals surface area contributed by atoms with Crippen LogP contribution in [-0.2, 0) is 16.6 Å². The fourth-order valence-electron chi connectivity index (χ4n) is 1.68. The van der Waals surface area contributed by atoms with Gasteiger partial charge in [0, 0.05) is 17.2 Å². The molecule has 8 heteroatoms. The summed E-state index contributed by atoms with van der Waals surface area (Å²) in [7, 11) is -3.83. The largest absolute Gasteiger partial charge is 0.329 e. The normalized spacial score (nSPS) is 11.8. The molecule has 0 amide bonds. The molecule has 0 saturated heterocycles. The number of hydrogen-bond acceptors (Lipinski definition) is 3. The van der Waals surface area contributed by atoms with Crippen molar-refractivity contribution in [3.8, 4) is 0 Å². The lowest BCUT2D eigenvalue weighted by Gasteiger charge is -2.05. The maximum absolute atomic E-state index is 13.3. The van der Waals surface area contributed by atoms with Crippen molar-refractivity contribution >= 4 is 26.0 Å². The summed E-state index contributed by atoms with van der Waals surface area (Å²) >= 11 is 3.20. The monoisotopic (exact) mass is 347 g/mol. The van der Waals surface area contributed by atoms with Crippen LogP contribution in [0.25, 0.3) is 0 Å². The third kappa shape index (κ3) is 3.40. The summed E-state index contributed by atoms with van der Waals surface area (Å²) in [4.78, 5) is 3.87. The van der Waals surface area contributed by atoms with Gasteiger partial charge in [-0.3, -0.25) is 0 Å². The molecule has 0 fully saturated rings. The number of sulfonamides is 1. The molecule has 0 bridgehead atoms. The SMILES string of the molecule is Cc1nc(S(N)(=O)=O)cn1Cc1cc(F)cc(Br)c1. The van der Waals surface area contributed by atoms with Gasteiger partial charge in [0.25, 0.3) is 10.0 Å². The molecule has 0 saturated carbocycles. The molecule has 0 atom stereocenters. The van der Waals surface area contributed by atoms with E-state index in [1.54, 1.807) is 17.6 Å². The maximum Gasteiger partial charge on any atom is 0.257 e. The van der Waals surface area contributed by atoms with Gasteiger partial charge in [-0.25, -0.2) is 22.9 Å². The Morgan fingerprint density at radius 1 is 1.42 bits per heavy atom. The van der Waals surface area contributed by atoms with Crippen LogP contribution < -0.4 is 5.14 Å². The minimum absolute atomic E-state index is 0.194. The molecule has 0 aliphatic carbocycles. The summed E-state index contributed by atoms with van der Waals surface area (Å²) in [5.74, 6) is 0.123. The van der Waals surface area contributed by atoms with Gasteiger partial charge in [0.15, 0.2) is 5.03 Å². The molecular weight excluding hydrogens is 337 g/mol. The molecule has 0 aliphatic rings. The second-order valence-corrected chi connectivity index (χ2v) is 6.50. The zero-order valence-corrected chi connectivity index (χ0v) is 12.4. The number of nitrogens with two attached hydrogens (primary N) is 1. The maximum atomic E-state index is 13.3. The smallest absolute Gasteiger partial charge is 0.257 e. The van der Waals surface area contributed by atoms with Gasteiger partial charge >= 0.3 is 0 Å². The van der Waals surface area contributed by atoms with Crippen LogP contribution in [0.1, 0.15) is 11.4 Å². The van der Waals surface area contributed by atoms with E-state index in [2.05, 4.69) is 20.9 Å². The lowest BCUT2D eigenvalue weighted by atomic mass is 10.2. The Balaban J connectivity index is 2.36. The highest BCUT2D eigenvalue weighted by Crippen LogP contribution is 2.17. The third-order valence-corrected chi connectivity index (χ3v) is 3.76. The van der Waals surface area contributed by atoms with E-state index in [1.165, 1.54) is 18.3 Å². The standard InChI is InChI=1S/C11H11BrFN3O2S/c1-7-15-11(19(14,17)18)6-16(7)5-8-2-9(12)4-10(13)3-8/h2-4,6H,5H2,1H3,(H2,14,17,18). The first-order chi connectivity index (χ1) is 8.75. The molecule has 2 N–H and O–H groups in total. The molecule has 1 heterocycles. The van der Waals surface area contributed by atoms with E-state index in [1.807, 2.05) is 0 Å². The van der Waals surface area contributed by atoms with Gasteiger partial charge in [0.1, 0.15) is 11.6 Å². The molecule has 0 radical (unpaired) electrons.